The number of ether oxygens (including phenoxy) is 1. The molecule has 1 heterocycles. The summed E-state index contributed by atoms with van der Waals surface area (Å²) in [6.07, 6.45) is -1.27. The quantitative estimate of drug-likeness (QED) is 0.330. The van der Waals surface area contributed by atoms with Crippen LogP contribution >= 0.6 is 12.4 Å². The minimum atomic E-state index is -0.981. The van der Waals surface area contributed by atoms with Gasteiger partial charge in [0.05, 0.1) is 11.6 Å². The van der Waals surface area contributed by atoms with Crippen LogP contribution in [0.25, 0.3) is 0 Å². The highest BCUT2D eigenvalue weighted by molar-refractivity contribution is 5.85. The first-order chi connectivity index (χ1) is 18.1. The molecule has 0 bridgehead atoms. The van der Waals surface area contributed by atoms with Crippen LogP contribution in [0, 0.1) is 11.6 Å². The first kappa shape index (κ1) is 30.5. The van der Waals surface area contributed by atoms with Gasteiger partial charge in [0, 0.05) is 31.7 Å². The van der Waals surface area contributed by atoms with E-state index in [1.54, 1.807) is 4.90 Å². The van der Waals surface area contributed by atoms with Crippen molar-refractivity contribution in [2.45, 2.75) is 50.5 Å². The van der Waals surface area contributed by atoms with Gasteiger partial charge in [0.1, 0.15) is 18.2 Å². The number of hydrogen-bond donors (Lipinski definition) is 3. The van der Waals surface area contributed by atoms with E-state index in [1.165, 1.54) is 17.7 Å². The molecule has 0 spiro atoms. The highest BCUT2D eigenvalue weighted by Gasteiger charge is 2.47. The Labute approximate surface area is 234 Å². The molecular formula is C30H36ClF2N3O3. The number of carbonyl (C=O) groups excluding carboxylic acids is 1. The molecular weight excluding hydrogens is 524 g/mol. The summed E-state index contributed by atoms with van der Waals surface area (Å²) in [7, 11) is 0. The van der Waals surface area contributed by atoms with Crippen molar-refractivity contribution in [3.05, 3.63) is 107 Å². The summed E-state index contributed by atoms with van der Waals surface area (Å²) in [6.45, 7) is 5.28. The SMILES string of the molecule is CC(C)c1cccc(C2(NC[C@@H](O)[C@@H](N)Cc3cc(F)cc(F)c3)CN(C(=O)OCc3ccccc3)C2)c1.Cl. The zero-order valence-electron chi connectivity index (χ0n) is 22.1. The van der Waals surface area contributed by atoms with Crippen LogP contribution in [0.1, 0.15) is 42.0 Å². The van der Waals surface area contributed by atoms with Gasteiger partial charge in [-0.05, 0) is 46.7 Å². The monoisotopic (exact) mass is 559 g/mol. The highest BCUT2D eigenvalue weighted by atomic mass is 35.5. The number of likely N-dealkylation sites (tertiary alicyclic amines) is 1. The van der Waals surface area contributed by atoms with Crippen molar-refractivity contribution < 1.29 is 23.4 Å². The fraction of sp³-hybridized carbons (Fsp3) is 0.367. The maximum Gasteiger partial charge on any atom is 0.410 e. The lowest BCUT2D eigenvalue weighted by Crippen LogP contribution is -2.69. The molecule has 3 aromatic carbocycles. The molecule has 1 fully saturated rings. The second-order valence-electron chi connectivity index (χ2n) is 10.4. The molecule has 210 valence electrons. The molecule has 1 saturated heterocycles. The zero-order valence-corrected chi connectivity index (χ0v) is 23.0. The van der Waals surface area contributed by atoms with Crippen LogP contribution < -0.4 is 11.1 Å². The number of benzene rings is 3. The summed E-state index contributed by atoms with van der Waals surface area (Å²) in [6, 6.07) is 20.2. The molecule has 1 aliphatic rings. The van der Waals surface area contributed by atoms with E-state index in [0.717, 1.165) is 17.2 Å². The molecule has 6 nitrogen and oxygen atoms in total. The molecule has 3 aromatic rings. The van der Waals surface area contributed by atoms with Gasteiger partial charge < -0.3 is 25.8 Å². The topological polar surface area (TPSA) is 87.8 Å². The Morgan fingerprint density at radius 2 is 1.69 bits per heavy atom. The van der Waals surface area contributed by atoms with Gasteiger partial charge in [0.2, 0.25) is 0 Å². The largest absolute Gasteiger partial charge is 0.445 e. The molecule has 1 aliphatic heterocycles. The van der Waals surface area contributed by atoms with Gasteiger partial charge in [0.15, 0.2) is 0 Å². The smallest absolute Gasteiger partial charge is 0.410 e. The number of nitrogens with one attached hydrogen (secondary N) is 1. The Balaban J connectivity index is 0.00000420. The van der Waals surface area contributed by atoms with Gasteiger partial charge in [-0.15, -0.1) is 12.4 Å². The van der Waals surface area contributed by atoms with Crippen LogP contribution in [-0.4, -0.2) is 47.9 Å². The summed E-state index contributed by atoms with van der Waals surface area (Å²) < 4.78 is 32.6. The Bertz CT molecular complexity index is 1220. The fourth-order valence-electron chi connectivity index (χ4n) is 4.73. The van der Waals surface area contributed by atoms with Gasteiger partial charge in [-0.3, -0.25) is 0 Å². The van der Waals surface area contributed by atoms with Crippen LogP contribution in [-0.2, 0) is 23.3 Å². The predicted octanol–water partition coefficient (Wildman–Crippen LogP) is 4.88. The maximum atomic E-state index is 13.6. The summed E-state index contributed by atoms with van der Waals surface area (Å²) in [5.74, 6) is -1.04. The molecule has 0 aromatic heterocycles. The highest BCUT2D eigenvalue weighted by Crippen LogP contribution is 2.34. The number of nitrogens with zero attached hydrogens (tertiary/aromatic N) is 1. The van der Waals surface area contributed by atoms with E-state index in [9.17, 15) is 18.7 Å². The van der Waals surface area contributed by atoms with E-state index >= 15 is 0 Å². The third-order valence-electron chi connectivity index (χ3n) is 7.03. The lowest BCUT2D eigenvalue weighted by molar-refractivity contribution is 0.0114. The minimum Gasteiger partial charge on any atom is -0.445 e. The fourth-order valence-corrected chi connectivity index (χ4v) is 4.73. The molecule has 4 rings (SSSR count). The van der Waals surface area contributed by atoms with Gasteiger partial charge in [-0.1, -0.05) is 68.4 Å². The molecule has 9 heteroatoms. The zero-order chi connectivity index (χ0) is 27.3. The van der Waals surface area contributed by atoms with Gasteiger partial charge >= 0.3 is 6.09 Å². The third-order valence-corrected chi connectivity index (χ3v) is 7.03. The molecule has 0 aliphatic carbocycles. The third kappa shape index (κ3) is 7.76. The lowest BCUT2D eigenvalue weighted by atomic mass is 9.80. The number of aliphatic hydroxyl groups is 1. The molecule has 1 amide bonds. The average Bonchev–Trinajstić information content (AvgIpc) is 2.86. The summed E-state index contributed by atoms with van der Waals surface area (Å²) >= 11 is 0. The minimum absolute atomic E-state index is 0. The Morgan fingerprint density at radius 1 is 1.03 bits per heavy atom. The van der Waals surface area contributed by atoms with Crippen molar-refractivity contribution in [3.8, 4) is 0 Å². The van der Waals surface area contributed by atoms with Gasteiger partial charge in [-0.2, -0.15) is 0 Å². The predicted molar refractivity (Wildman–Crippen MR) is 150 cm³/mol. The molecule has 0 unspecified atom stereocenters. The van der Waals surface area contributed by atoms with Crippen molar-refractivity contribution in [1.29, 1.82) is 0 Å². The number of carbonyl (C=O) groups is 1. The molecule has 0 saturated carbocycles. The Hall–Kier alpha value is -3.04. The van der Waals surface area contributed by atoms with E-state index in [0.29, 0.717) is 24.6 Å². The molecule has 2 atom stereocenters. The number of rotatable bonds is 10. The first-order valence-corrected chi connectivity index (χ1v) is 12.8. The molecule has 4 N–H and O–H groups in total. The van der Waals surface area contributed by atoms with Crippen LogP contribution in [0.2, 0.25) is 0 Å². The molecule has 0 radical (unpaired) electrons. The summed E-state index contributed by atoms with van der Waals surface area (Å²) in [5, 5.41) is 14.2. The van der Waals surface area contributed by atoms with Crippen LogP contribution in [0.3, 0.4) is 0 Å². The van der Waals surface area contributed by atoms with Crippen LogP contribution in [0.15, 0.2) is 72.8 Å². The van der Waals surface area contributed by atoms with Crippen molar-refractivity contribution in [3.63, 3.8) is 0 Å². The van der Waals surface area contributed by atoms with Gasteiger partial charge in [-0.25, -0.2) is 13.6 Å². The number of nitrogens with two attached hydrogens (primary N) is 1. The van der Waals surface area contributed by atoms with Gasteiger partial charge in [0.25, 0.3) is 0 Å². The number of aliphatic hydroxyl groups excluding tert-OH is 1. The van der Waals surface area contributed by atoms with Crippen LogP contribution in [0.5, 0.6) is 0 Å². The summed E-state index contributed by atoms with van der Waals surface area (Å²) in [4.78, 5) is 14.4. The Morgan fingerprint density at radius 3 is 2.33 bits per heavy atom. The second-order valence-corrected chi connectivity index (χ2v) is 10.4. The molecule has 39 heavy (non-hydrogen) atoms. The van der Waals surface area contributed by atoms with E-state index in [2.05, 4.69) is 31.3 Å². The Kier molecular flexibility index (Phi) is 10.4. The number of amides is 1. The lowest BCUT2D eigenvalue weighted by Gasteiger charge is -2.51. The first-order valence-electron chi connectivity index (χ1n) is 12.8. The van der Waals surface area contributed by atoms with Crippen molar-refractivity contribution >= 4 is 18.5 Å². The van der Waals surface area contributed by atoms with Crippen molar-refractivity contribution in [2.75, 3.05) is 19.6 Å². The average molecular weight is 560 g/mol. The van der Waals surface area contributed by atoms with Crippen molar-refractivity contribution in [2.24, 2.45) is 5.73 Å². The van der Waals surface area contributed by atoms with E-state index in [4.69, 9.17) is 10.5 Å². The number of halogens is 3. The second kappa shape index (κ2) is 13.3. The summed E-state index contributed by atoms with van der Waals surface area (Å²) in [5.41, 5.74) is 9.05. The standard InChI is InChI=1S/C30H35F2N3O3.ClH/c1-20(2)23-9-6-10-24(14-23)30(18-35(19-30)29(37)38-17-21-7-4-3-5-8-21)34-16-28(36)27(33)13-22-11-25(31)15-26(32)12-22;/h3-12,14-15,20,27-28,34,36H,13,16-19,33H2,1-2H3;1H/t27-,28+;/m0./s1. The van der Waals surface area contributed by atoms with E-state index in [-0.39, 0.29) is 32.0 Å². The van der Waals surface area contributed by atoms with E-state index < -0.39 is 35.4 Å². The normalized spacial score (nSPS) is 15.7. The van der Waals surface area contributed by atoms with Crippen molar-refractivity contribution in [1.82, 2.24) is 10.2 Å². The van der Waals surface area contributed by atoms with E-state index in [1.807, 2.05) is 42.5 Å². The van der Waals surface area contributed by atoms with Crippen LogP contribution in [0.4, 0.5) is 13.6 Å². The maximum absolute atomic E-state index is 13.6. The number of hydrogen-bond acceptors (Lipinski definition) is 5.